The molecule has 1 amide bonds. The molecule has 2 atom stereocenters. The lowest BCUT2D eigenvalue weighted by molar-refractivity contribution is -0.136. The third kappa shape index (κ3) is 4.86. The molecule has 0 aliphatic carbocycles. The van der Waals surface area contributed by atoms with Gasteiger partial charge in [-0.25, -0.2) is 9.78 Å². The van der Waals surface area contributed by atoms with Crippen molar-refractivity contribution in [2.45, 2.75) is 16.6 Å². The number of H-pyrrole nitrogens is 1. The van der Waals surface area contributed by atoms with Crippen molar-refractivity contribution in [3.8, 4) is 0 Å². The maximum Gasteiger partial charge on any atom is 0.352 e. The van der Waals surface area contributed by atoms with E-state index in [4.69, 9.17) is 10.6 Å². The smallest absolute Gasteiger partial charge is 0.352 e. The number of aliphatic carboxylic acids is 1. The first-order valence-corrected chi connectivity index (χ1v) is 12.7. The zero-order valence-corrected chi connectivity index (χ0v) is 21.0. The Bertz CT molecular complexity index is 1430. The number of carbonyl (C=O) groups is 3. The third-order valence-corrected chi connectivity index (χ3v) is 8.08. The third-order valence-electron chi connectivity index (χ3n) is 5.07. The fraction of sp³-hybridized carbons (Fsp3) is 0.333. The van der Waals surface area contributed by atoms with Crippen LogP contribution in [-0.4, -0.2) is 83.3 Å². The van der Waals surface area contributed by atoms with E-state index >= 15 is 0 Å². The predicted molar refractivity (Wildman–Crippen MR) is 131 cm³/mol. The predicted octanol–water partition coefficient (Wildman–Crippen LogP) is -1.61. The fourth-order valence-corrected chi connectivity index (χ4v) is 6.19. The van der Waals surface area contributed by atoms with E-state index in [1.165, 1.54) is 23.7 Å². The molecule has 0 radical (unpaired) electrons. The molecular weight excluding hydrogens is 536 g/mol. The fourth-order valence-electron chi connectivity index (χ4n) is 3.45. The Morgan fingerprint density at radius 3 is 2.78 bits per heavy atom. The number of rotatable bonds is 8. The molecule has 18 heteroatoms. The highest BCUT2D eigenvalue weighted by Crippen LogP contribution is 2.41. The highest BCUT2D eigenvalue weighted by Gasteiger charge is 2.49. The molecule has 36 heavy (non-hydrogen) atoms. The van der Waals surface area contributed by atoms with Crippen LogP contribution in [0, 0.1) is 0 Å². The van der Waals surface area contributed by atoms with Crippen LogP contribution in [0.3, 0.4) is 0 Å². The summed E-state index contributed by atoms with van der Waals surface area (Å²) in [7, 11) is 2.73. The molecule has 0 bridgehead atoms. The second-order valence-corrected chi connectivity index (χ2v) is 10.3. The maximum atomic E-state index is 12.9. The SMILES string of the molecule is CON=C(C(=O)N[C@@H]1CN2C(C(=O)O)=C(CSc3nc(=O)c(=O)[nH]n3C)C(=O)S[C@H]12)c1csc(N)n1. The Morgan fingerprint density at radius 2 is 2.14 bits per heavy atom. The van der Waals surface area contributed by atoms with Gasteiger partial charge in [-0.15, -0.1) is 11.3 Å². The molecule has 0 saturated carbocycles. The normalized spacial score (nSPS) is 19.6. The minimum atomic E-state index is -1.31. The molecule has 15 nitrogen and oxygen atoms in total. The Morgan fingerprint density at radius 1 is 1.39 bits per heavy atom. The number of hydrogen-bond donors (Lipinski definition) is 4. The molecular formula is C18H18N8O7S3. The molecule has 2 aromatic heterocycles. The van der Waals surface area contributed by atoms with E-state index < -0.39 is 39.5 Å². The van der Waals surface area contributed by atoms with Gasteiger partial charge in [0, 0.05) is 30.3 Å². The van der Waals surface area contributed by atoms with Crippen LogP contribution >= 0.6 is 34.9 Å². The summed E-state index contributed by atoms with van der Waals surface area (Å²) in [5.74, 6) is -2.03. The molecule has 1 saturated heterocycles. The lowest BCUT2D eigenvalue weighted by atomic mass is 10.0. The monoisotopic (exact) mass is 554 g/mol. The molecule has 190 valence electrons. The number of nitrogen functional groups attached to an aromatic ring is 1. The van der Waals surface area contributed by atoms with Gasteiger partial charge in [-0.05, 0) is 0 Å². The van der Waals surface area contributed by atoms with E-state index in [2.05, 4.69) is 25.5 Å². The molecule has 2 aliphatic rings. The van der Waals surface area contributed by atoms with Gasteiger partial charge in [0.2, 0.25) is 5.12 Å². The topological polar surface area (TPSA) is 215 Å². The number of anilines is 1. The first-order chi connectivity index (χ1) is 17.1. The molecule has 0 unspecified atom stereocenters. The van der Waals surface area contributed by atoms with Crippen molar-refractivity contribution in [1.82, 2.24) is 30.0 Å². The quantitative estimate of drug-likeness (QED) is 0.125. The van der Waals surface area contributed by atoms with Crippen molar-refractivity contribution < 1.29 is 24.3 Å². The van der Waals surface area contributed by atoms with Gasteiger partial charge in [0.15, 0.2) is 16.0 Å². The second-order valence-electron chi connectivity index (χ2n) is 7.34. The standard InChI is InChI=1S/C18H18N8O7S3/c1-25-18(22-12(28)13(29)23-25)35-4-6-10(15(30)31)26-3-7(14(26)36-16(6)32)20-11(27)9(24-33-2)8-5-34-17(19)21-8/h5,7,14H,3-4H2,1-2H3,(H2,19,21)(H,20,27)(H,23,29)(H,30,31)/t7-,14-/m1/s1. The number of nitrogens with two attached hydrogens (primary N) is 1. The molecule has 1 fully saturated rings. The summed E-state index contributed by atoms with van der Waals surface area (Å²) >= 11 is 2.93. The van der Waals surface area contributed by atoms with Crippen molar-refractivity contribution in [2.24, 2.45) is 12.2 Å². The average molecular weight is 555 g/mol. The molecule has 4 heterocycles. The zero-order valence-electron chi connectivity index (χ0n) is 18.6. The van der Waals surface area contributed by atoms with E-state index in [0.29, 0.717) is 0 Å². The Kier molecular flexibility index (Phi) is 7.18. The number of oxime groups is 1. The van der Waals surface area contributed by atoms with Crippen LogP contribution in [0.5, 0.6) is 0 Å². The number of nitrogens with zero attached hydrogens (tertiary/aromatic N) is 5. The number of thiazole rings is 1. The van der Waals surface area contributed by atoms with E-state index in [-0.39, 0.29) is 45.3 Å². The number of amides is 1. The number of thioether (sulfide) groups is 2. The summed E-state index contributed by atoms with van der Waals surface area (Å²) in [6.45, 7) is 0.126. The van der Waals surface area contributed by atoms with Gasteiger partial charge in [-0.2, -0.15) is 4.98 Å². The summed E-state index contributed by atoms with van der Waals surface area (Å²) in [4.78, 5) is 74.6. The minimum Gasteiger partial charge on any atom is -0.477 e. The number of carboxylic acids is 1. The molecule has 2 aromatic rings. The van der Waals surface area contributed by atoms with E-state index in [0.717, 1.165) is 34.9 Å². The molecule has 2 aliphatic heterocycles. The van der Waals surface area contributed by atoms with Gasteiger partial charge in [0.05, 0.1) is 6.04 Å². The van der Waals surface area contributed by atoms with E-state index in [1.54, 1.807) is 5.38 Å². The average Bonchev–Trinajstić information content (AvgIpc) is 3.24. The molecule has 5 N–H and O–H groups in total. The minimum absolute atomic E-state index is 0.0126. The highest BCUT2D eigenvalue weighted by molar-refractivity contribution is 8.14. The van der Waals surface area contributed by atoms with Crippen LogP contribution in [-0.2, 0) is 26.3 Å². The van der Waals surface area contributed by atoms with Crippen molar-refractivity contribution in [3.63, 3.8) is 0 Å². The van der Waals surface area contributed by atoms with Crippen LogP contribution in [0.1, 0.15) is 5.69 Å². The number of carboxylic acid groups (broad SMARTS) is 1. The van der Waals surface area contributed by atoms with Crippen molar-refractivity contribution in [3.05, 3.63) is 43.1 Å². The van der Waals surface area contributed by atoms with Crippen LogP contribution < -0.4 is 22.2 Å². The van der Waals surface area contributed by atoms with Gasteiger partial charge < -0.3 is 25.9 Å². The summed E-state index contributed by atoms with van der Waals surface area (Å²) in [6, 6.07) is -0.560. The largest absolute Gasteiger partial charge is 0.477 e. The lowest BCUT2D eigenvalue weighted by Crippen LogP contribution is -2.67. The van der Waals surface area contributed by atoms with Gasteiger partial charge in [-0.1, -0.05) is 28.7 Å². The first kappa shape index (κ1) is 25.5. The van der Waals surface area contributed by atoms with Crippen LogP contribution in [0.25, 0.3) is 0 Å². The Labute approximate surface area is 213 Å². The second kappa shape index (κ2) is 10.2. The summed E-state index contributed by atoms with van der Waals surface area (Å²) in [5, 5.41) is 19.3. The van der Waals surface area contributed by atoms with Crippen LogP contribution in [0.2, 0.25) is 0 Å². The maximum absolute atomic E-state index is 12.9. The summed E-state index contributed by atoms with van der Waals surface area (Å²) in [6.07, 6.45) is 0. The lowest BCUT2D eigenvalue weighted by Gasteiger charge is -2.51. The molecule has 4 rings (SSSR count). The van der Waals surface area contributed by atoms with Crippen molar-refractivity contribution in [2.75, 3.05) is 25.1 Å². The van der Waals surface area contributed by atoms with E-state index in [9.17, 15) is 29.1 Å². The van der Waals surface area contributed by atoms with Gasteiger partial charge in [0.25, 0.3) is 5.91 Å². The Balaban J connectivity index is 1.51. The van der Waals surface area contributed by atoms with Crippen LogP contribution in [0.15, 0.2) is 36.6 Å². The zero-order chi connectivity index (χ0) is 26.1. The Hall–Kier alpha value is -3.64. The first-order valence-electron chi connectivity index (χ1n) is 9.98. The number of aryl methyl sites for hydroxylation is 1. The van der Waals surface area contributed by atoms with Crippen molar-refractivity contribution >= 4 is 62.7 Å². The number of aromatic nitrogens is 4. The van der Waals surface area contributed by atoms with Gasteiger partial charge >= 0.3 is 17.1 Å². The summed E-state index contributed by atoms with van der Waals surface area (Å²) in [5.41, 5.74) is 3.66. The highest BCUT2D eigenvalue weighted by atomic mass is 32.2. The summed E-state index contributed by atoms with van der Waals surface area (Å²) < 4.78 is 1.21. The van der Waals surface area contributed by atoms with Crippen LogP contribution in [0.4, 0.5) is 5.13 Å². The van der Waals surface area contributed by atoms with Gasteiger partial charge in [0.1, 0.15) is 23.9 Å². The number of fused-ring (bicyclic) bond motifs is 1. The van der Waals surface area contributed by atoms with E-state index in [1.807, 2.05) is 0 Å². The number of carbonyl (C=O) groups excluding carboxylic acids is 2. The molecule has 0 spiro atoms. The molecule has 0 aromatic carbocycles. The van der Waals surface area contributed by atoms with Crippen molar-refractivity contribution in [1.29, 1.82) is 0 Å². The number of aromatic amines is 1. The van der Waals surface area contributed by atoms with Gasteiger partial charge in [-0.3, -0.25) is 29.0 Å². The number of hydrogen-bond acceptors (Lipinski definition) is 14. The number of nitrogens with one attached hydrogen (secondary N) is 2.